The molecule has 0 aliphatic carbocycles. The number of hydrogen-bond acceptors (Lipinski definition) is 7. The van der Waals surface area contributed by atoms with Crippen molar-refractivity contribution < 1.29 is 19.5 Å². The van der Waals surface area contributed by atoms with Crippen molar-refractivity contribution in [2.24, 2.45) is 0 Å². The third kappa shape index (κ3) is 6.86. The summed E-state index contributed by atoms with van der Waals surface area (Å²) >= 11 is 24.9. The van der Waals surface area contributed by atoms with Crippen LogP contribution in [0.15, 0.2) is 58.3 Å². The smallest absolute Gasteiger partial charge is 0.326 e. The van der Waals surface area contributed by atoms with E-state index < -0.39 is 17.9 Å². The first-order valence-corrected chi connectivity index (χ1v) is 14.6. The topological polar surface area (TPSA) is 77.9 Å². The van der Waals surface area contributed by atoms with Crippen LogP contribution >= 0.6 is 71.2 Å². The lowest BCUT2D eigenvalue weighted by molar-refractivity contribution is -0.145. The lowest BCUT2D eigenvalue weighted by Gasteiger charge is -2.23. The highest BCUT2D eigenvalue weighted by molar-refractivity contribution is 8.27. The number of benzene rings is 2. The zero-order chi connectivity index (χ0) is 27.4. The van der Waals surface area contributed by atoms with Gasteiger partial charge in [0.2, 0.25) is 0 Å². The minimum atomic E-state index is -1.13. The normalized spacial score (nSPS) is 18.8. The van der Waals surface area contributed by atoms with Crippen LogP contribution in [0.3, 0.4) is 0 Å². The van der Waals surface area contributed by atoms with E-state index in [9.17, 15) is 19.5 Å². The summed E-state index contributed by atoms with van der Waals surface area (Å²) in [6, 6.07) is 13.0. The van der Waals surface area contributed by atoms with Crippen molar-refractivity contribution in [1.29, 1.82) is 0 Å². The SMILES string of the molecule is O=C(O)[C@@H](CCCCN1C(=O)/C(=C\c2ccc(Cl)cc2)SC1=S)N1C(=O)/C(=C\c2ccc(Cl)cc2)SC1=S. The summed E-state index contributed by atoms with van der Waals surface area (Å²) < 4.78 is 0.654. The number of carboxylic acids is 1. The van der Waals surface area contributed by atoms with E-state index >= 15 is 0 Å². The largest absolute Gasteiger partial charge is 0.480 e. The second-order valence-corrected chi connectivity index (χ2v) is 12.6. The van der Waals surface area contributed by atoms with Crippen LogP contribution in [-0.4, -0.2) is 53.9 Å². The first-order chi connectivity index (χ1) is 18.1. The minimum absolute atomic E-state index is 0.186. The first-order valence-electron chi connectivity index (χ1n) is 11.4. The molecule has 2 amide bonds. The van der Waals surface area contributed by atoms with Crippen molar-refractivity contribution in [2.75, 3.05) is 6.54 Å². The minimum Gasteiger partial charge on any atom is -0.480 e. The average Bonchev–Trinajstić information content (AvgIpc) is 3.30. The fourth-order valence-corrected chi connectivity index (χ4v) is 6.75. The molecular formula is C26H20Cl2N2O4S4. The Bertz CT molecular complexity index is 1360. The number of amides is 2. The van der Waals surface area contributed by atoms with Crippen molar-refractivity contribution in [3.8, 4) is 0 Å². The molecule has 196 valence electrons. The van der Waals surface area contributed by atoms with Crippen LogP contribution in [0.2, 0.25) is 10.0 Å². The maximum Gasteiger partial charge on any atom is 0.326 e. The number of nitrogens with zero attached hydrogens (tertiary/aromatic N) is 2. The Labute approximate surface area is 249 Å². The fraction of sp³-hybridized carbons (Fsp3) is 0.192. The maximum absolute atomic E-state index is 13.0. The number of carboxylic acid groups (broad SMARTS) is 1. The molecule has 6 nitrogen and oxygen atoms in total. The molecule has 2 aliphatic heterocycles. The van der Waals surface area contributed by atoms with E-state index in [1.807, 2.05) is 12.1 Å². The number of halogens is 2. The molecular weight excluding hydrogens is 603 g/mol. The second-order valence-electron chi connectivity index (χ2n) is 8.34. The highest BCUT2D eigenvalue weighted by atomic mass is 35.5. The van der Waals surface area contributed by atoms with Gasteiger partial charge in [0, 0.05) is 16.6 Å². The number of hydrogen-bond donors (Lipinski definition) is 1. The van der Waals surface area contributed by atoms with Gasteiger partial charge in [-0.2, -0.15) is 0 Å². The van der Waals surface area contributed by atoms with Gasteiger partial charge in [-0.3, -0.25) is 19.4 Å². The summed E-state index contributed by atoms with van der Waals surface area (Å²) in [6.45, 7) is 0.351. The fourth-order valence-electron chi connectivity index (χ4n) is 3.83. The van der Waals surface area contributed by atoms with E-state index in [-0.39, 0.29) is 16.6 Å². The molecule has 1 N–H and O–H groups in total. The van der Waals surface area contributed by atoms with Gasteiger partial charge in [0.1, 0.15) is 14.7 Å². The third-order valence-corrected chi connectivity index (χ3v) is 8.95. The molecule has 2 aliphatic rings. The molecule has 38 heavy (non-hydrogen) atoms. The lowest BCUT2D eigenvalue weighted by atomic mass is 10.1. The number of carbonyl (C=O) groups excluding carboxylic acids is 2. The quantitative estimate of drug-likeness (QED) is 0.188. The molecule has 2 saturated heterocycles. The van der Waals surface area contributed by atoms with E-state index in [0.29, 0.717) is 43.6 Å². The molecule has 4 rings (SSSR count). The molecule has 2 aromatic rings. The van der Waals surface area contributed by atoms with Gasteiger partial charge in [0.15, 0.2) is 0 Å². The van der Waals surface area contributed by atoms with E-state index in [4.69, 9.17) is 47.6 Å². The van der Waals surface area contributed by atoms with Crippen LogP contribution in [0, 0.1) is 0 Å². The monoisotopic (exact) mass is 622 g/mol. The molecule has 0 spiro atoms. The number of thiocarbonyl (C=S) groups is 2. The van der Waals surface area contributed by atoms with Gasteiger partial charge in [-0.25, -0.2) is 4.79 Å². The van der Waals surface area contributed by atoms with Crippen molar-refractivity contribution >= 4 is 110 Å². The number of unbranched alkanes of at least 4 members (excludes halogenated alkanes) is 1. The second kappa shape index (κ2) is 12.8. The van der Waals surface area contributed by atoms with Crippen LogP contribution in [-0.2, 0) is 14.4 Å². The van der Waals surface area contributed by atoms with Gasteiger partial charge in [-0.05, 0) is 66.8 Å². The Morgan fingerprint density at radius 2 is 1.34 bits per heavy atom. The Kier molecular flexibility index (Phi) is 9.67. The van der Waals surface area contributed by atoms with Gasteiger partial charge in [-0.1, -0.05) is 95.4 Å². The summed E-state index contributed by atoms with van der Waals surface area (Å²) in [5.74, 6) is -1.76. The standard InChI is InChI=1S/C26H20Cl2N2O4S4/c27-17-8-4-15(5-9-17)13-20-22(31)29(25(35)37-20)12-2-1-3-19(24(33)34)30-23(32)21(38-26(30)36)14-16-6-10-18(28)11-7-16/h4-11,13-14,19H,1-3,12H2,(H,33,34)/b20-13+,21-14+/t19-/m1/s1. The number of rotatable bonds is 9. The Morgan fingerprint density at radius 3 is 1.87 bits per heavy atom. The van der Waals surface area contributed by atoms with E-state index in [1.165, 1.54) is 21.6 Å². The van der Waals surface area contributed by atoms with Gasteiger partial charge >= 0.3 is 5.97 Å². The Balaban J connectivity index is 1.35. The molecule has 0 radical (unpaired) electrons. The molecule has 12 heteroatoms. The van der Waals surface area contributed by atoms with Gasteiger partial charge in [0.25, 0.3) is 11.8 Å². The van der Waals surface area contributed by atoms with Crippen molar-refractivity contribution in [3.05, 3.63) is 79.5 Å². The maximum atomic E-state index is 13.0. The molecule has 2 fully saturated rings. The van der Waals surface area contributed by atoms with Crippen molar-refractivity contribution in [3.63, 3.8) is 0 Å². The van der Waals surface area contributed by atoms with Crippen molar-refractivity contribution in [2.45, 2.75) is 25.3 Å². The molecule has 2 heterocycles. The predicted molar refractivity (Wildman–Crippen MR) is 163 cm³/mol. The summed E-state index contributed by atoms with van der Waals surface area (Å²) in [4.78, 5) is 41.5. The van der Waals surface area contributed by atoms with E-state index in [0.717, 1.165) is 22.9 Å². The van der Waals surface area contributed by atoms with E-state index in [1.54, 1.807) is 48.6 Å². The molecule has 0 saturated carbocycles. The summed E-state index contributed by atoms with van der Waals surface area (Å²) in [6.07, 6.45) is 4.59. The van der Waals surface area contributed by atoms with Crippen molar-refractivity contribution in [1.82, 2.24) is 9.80 Å². The highest BCUT2D eigenvalue weighted by Crippen LogP contribution is 2.36. The van der Waals surface area contributed by atoms with Gasteiger partial charge in [0.05, 0.1) is 9.81 Å². The zero-order valence-electron chi connectivity index (χ0n) is 19.6. The Morgan fingerprint density at radius 1 is 0.842 bits per heavy atom. The molecule has 0 unspecified atom stereocenters. The van der Waals surface area contributed by atoms with Crippen LogP contribution in [0.1, 0.15) is 30.4 Å². The molecule has 2 aromatic carbocycles. The third-order valence-electron chi connectivity index (χ3n) is 5.74. The van der Waals surface area contributed by atoms with E-state index in [2.05, 4.69) is 0 Å². The van der Waals surface area contributed by atoms with Crippen LogP contribution < -0.4 is 0 Å². The lowest BCUT2D eigenvalue weighted by Crippen LogP contribution is -2.44. The predicted octanol–water partition coefficient (Wildman–Crippen LogP) is 6.72. The highest BCUT2D eigenvalue weighted by Gasteiger charge is 2.40. The van der Waals surface area contributed by atoms with Crippen LogP contribution in [0.4, 0.5) is 0 Å². The summed E-state index contributed by atoms with van der Waals surface area (Å²) in [5, 5.41) is 11.0. The average molecular weight is 624 g/mol. The van der Waals surface area contributed by atoms with Crippen LogP contribution in [0.5, 0.6) is 0 Å². The van der Waals surface area contributed by atoms with Crippen LogP contribution in [0.25, 0.3) is 12.2 Å². The first kappa shape index (κ1) is 28.8. The summed E-state index contributed by atoms with van der Waals surface area (Å²) in [5.41, 5.74) is 1.60. The number of thioether (sulfide) groups is 2. The molecule has 0 bridgehead atoms. The van der Waals surface area contributed by atoms with Gasteiger partial charge in [-0.15, -0.1) is 0 Å². The Hall–Kier alpha value is -2.21. The van der Waals surface area contributed by atoms with Gasteiger partial charge < -0.3 is 5.11 Å². The number of carbonyl (C=O) groups is 3. The zero-order valence-corrected chi connectivity index (χ0v) is 24.4. The molecule has 1 atom stereocenters. The summed E-state index contributed by atoms with van der Waals surface area (Å²) in [7, 11) is 0. The number of aliphatic carboxylic acids is 1. The molecule has 0 aromatic heterocycles.